The van der Waals surface area contributed by atoms with Gasteiger partial charge in [-0.3, -0.25) is 9.78 Å². The molecule has 8 heteroatoms. The SMILES string of the molecule is O=C1NCC(C(=O)N2CCC(Oc3cnccn3)C2)N1. The number of hydrogen-bond acceptors (Lipinski definition) is 5. The van der Waals surface area contributed by atoms with Gasteiger partial charge in [0.05, 0.1) is 12.7 Å². The van der Waals surface area contributed by atoms with Gasteiger partial charge in [-0.25, -0.2) is 9.78 Å². The Labute approximate surface area is 115 Å². The largest absolute Gasteiger partial charge is 0.471 e. The molecule has 2 aliphatic heterocycles. The monoisotopic (exact) mass is 277 g/mol. The highest BCUT2D eigenvalue weighted by Gasteiger charge is 2.35. The zero-order valence-electron chi connectivity index (χ0n) is 10.8. The number of ether oxygens (including phenoxy) is 1. The molecule has 2 aliphatic rings. The average molecular weight is 277 g/mol. The van der Waals surface area contributed by atoms with Gasteiger partial charge in [0.15, 0.2) is 0 Å². The highest BCUT2D eigenvalue weighted by molar-refractivity contribution is 5.90. The molecular formula is C12H15N5O3. The predicted octanol–water partition coefficient (Wildman–Crippen LogP) is -0.862. The van der Waals surface area contributed by atoms with E-state index in [4.69, 9.17) is 4.74 Å². The Kier molecular flexibility index (Phi) is 3.36. The topological polar surface area (TPSA) is 96.5 Å². The fraction of sp³-hybridized carbons (Fsp3) is 0.500. The molecule has 1 aromatic heterocycles. The number of urea groups is 1. The summed E-state index contributed by atoms with van der Waals surface area (Å²) in [4.78, 5) is 32.9. The van der Waals surface area contributed by atoms with Gasteiger partial charge in [-0.1, -0.05) is 0 Å². The molecule has 0 aliphatic carbocycles. The second-order valence-corrected chi connectivity index (χ2v) is 4.76. The van der Waals surface area contributed by atoms with Crippen molar-refractivity contribution in [3.05, 3.63) is 18.6 Å². The molecule has 0 saturated carbocycles. The highest BCUT2D eigenvalue weighted by Crippen LogP contribution is 2.16. The maximum absolute atomic E-state index is 12.2. The molecule has 2 N–H and O–H groups in total. The zero-order valence-corrected chi connectivity index (χ0v) is 10.8. The normalized spacial score (nSPS) is 25.2. The molecule has 0 radical (unpaired) electrons. The first-order valence-electron chi connectivity index (χ1n) is 6.48. The van der Waals surface area contributed by atoms with Gasteiger partial charge in [0.25, 0.3) is 0 Å². The van der Waals surface area contributed by atoms with E-state index < -0.39 is 6.04 Å². The lowest BCUT2D eigenvalue weighted by molar-refractivity contribution is -0.131. The van der Waals surface area contributed by atoms with E-state index in [9.17, 15) is 9.59 Å². The van der Waals surface area contributed by atoms with Gasteiger partial charge in [0.2, 0.25) is 11.8 Å². The third-order valence-corrected chi connectivity index (χ3v) is 3.35. The van der Waals surface area contributed by atoms with Crippen LogP contribution in [0.4, 0.5) is 4.79 Å². The van der Waals surface area contributed by atoms with Crippen molar-refractivity contribution in [3.63, 3.8) is 0 Å². The summed E-state index contributed by atoms with van der Waals surface area (Å²) in [6, 6.07) is -0.771. The van der Waals surface area contributed by atoms with E-state index in [1.54, 1.807) is 23.5 Å². The third kappa shape index (κ3) is 2.63. The summed E-state index contributed by atoms with van der Waals surface area (Å²) in [5, 5.41) is 5.17. The van der Waals surface area contributed by atoms with E-state index >= 15 is 0 Å². The lowest BCUT2D eigenvalue weighted by atomic mass is 10.3. The summed E-state index contributed by atoms with van der Waals surface area (Å²) in [6.07, 6.45) is 5.35. The van der Waals surface area contributed by atoms with E-state index in [1.165, 1.54) is 0 Å². The van der Waals surface area contributed by atoms with Crippen LogP contribution < -0.4 is 15.4 Å². The number of hydrogen-bond donors (Lipinski definition) is 2. The van der Waals surface area contributed by atoms with Crippen molar-refractivity contribution in [3.8, 4) is 5.88 Å². The molecule has 1 aromatic rings. The summed E-state index contributed by atoms with van der Waals surface area (Å²) in [5.74, 6) is 0.385. The fourth-order valence-electron chi connectivity index (χ4n) is 2.37. The van der Waals surface area contributed by atoms with Crippen molar-refractivity contribution in [1.82, 2.24) is 25.5 Å². The van der Waals surface area contributed by atoms with E-state index in [-0.39, 0.29) is 18.0 Å². The molecule has 3 amide bonds. The Bertz CT molecular complexity index is 509. The zero-order chi connectivity index (χ0) is 13.9. The Morgan fingerprint density at radius 1 is 1.45 bits per heavy atom. The lowest BCUT2D eigenvalue weighted by Gasteiger charge is -2.19. The van der Waals surface area contributed by atoms with E-state index in [1.807, 2.05) is 0 Å². The minimum atomic E-state index is -0.474. The highest BCUT2D eigenvalue weighted by atomic mass is 16.5. The van der Waals surface area contributed by atoms with Crippen LogP contribution in [-0.2, 0) is 4.79 Å². The van der Waals surface area contributed by atoms with Crippen LogP contribution in [0.5, 0.6) is 5.88 Å². The van der Waals surface area contributed by atoms with Crippen molar-refractivity contribution in [2.45, 2.75) is 18.6 Å². The molecule has 3 rings (SSSR count). The molecule has 3 heterocycles. The Balaban J connectivity index is 1.54. The number of nitrogens with zero attached hydrogens (tertiary/aromatic N) is 3. The van der Waals surface area contributed by atoms with Crippen LogP contribution in [0.3, 0.4) is 0 Å². The van der Waals surface area contributed by atoms with E-state index in [2.05, 4.69) is 20.6 Å². The minimum absolute atomic E-state index is 0.0754. The second-order valence-electron chi connectivity index (χ2n) is 4.76. The Hall–Kier alpha value is -2.38. The first-order valence-corrected chi connectivity index (χ1v) is 6.48. The molecule has 2 atom stereocenters. The molecular weight excluding hydrogens is 262 g/mol. The third-order valence-electron chi connectivity index (χ3n) is 3.35. The van der Waals surface area contributed by atoms with E-state index in [0.717, 1.165) is 6.42 Å². The number of carbonyl (C=O) groups excluding carboxylic acids is 2. The number of likely N-dealkylation sites (tertiary alicyclic amines) is 1. The molecule has 2 unspecified atom stereocenters. The number of nitrogens with one attached hydrogen (secondary N) is 2. The van der Waals surface area contributed by atoms with E-state index in [0.29, 0.717) is 25.5 Å². The number of carbonyl (C=O) groups is 2. The van der Waals surface area contributed by atoms with Crippen molar-refractivity contribution >= 4 is 11.9 Å². The summed E-state index contributed by atoms with van der Waals surface area (Å²) in [7, 11) is 0. The minimum Gasteiger partial charge on any atom is -0.471 e. The maximum Gasteiger partial charge on any atom is 0.315 e. The number of rotatable bonds is 3. The molecule has 2 fully saturated rings. The predicted molar refractivity (Wildman–Crippen MR) is 68.0 cm³/mol. The second kappa shape index (κ2) is 5.32. The molecule has 0 spiro atoms. The van der Waals surface area contributed by atoms with Gasteiger partial charge in [0, 0.05) is 31.9 Å². The molecule has 0 aromatic carbocycles. The molecule has 0 bridgehead atoms. The van der Waals surface area contributed by atoms with Crippen molar-refractivity contribution in [2.75, 3.05) is 19.6 Å². The first-order chi connectivity index (χ1) is 9.72. The van der Waals surface area contributed by atoms with Gasteiger partial charge in [-0.15, -0.1) is 0 Å². The van der Waals surface area contributed by atoms with Gasteiger partial charge in [-0.2, -0.15) is 0 Å². The van der Waals surface area contributed by atoms with Gasteiger partial charge in [-0.05, 0) is 0 Å². The average Bonchev–Trinajstić information content (AvgIpc) is 3.08. The lowest BCUT2D eigenvalue weighted by Crippen LogP contribution is -2.45. The van der Waals surface area contributed by atoms with Crippen LogP contribution >= 0.6 is 0 Å². The van der Waals surface area contributed by atoms with Crippen LogP contribution in [0.15, 0.2) is 18.6 Å². The Morgan fingerprint density at radius 3 is 3.05 bits per heavy atom. The maximum atomic E-state index is 12.2. The molecule has 20 heavy (non-hydrogen) atoms. The quantitative estimate of drug-likeness (QED) is 0.749. The van der Waals surface area contributed by atoms with Crippen LogP contribution in [0, 0.1) is 0 Å². The summed E-state index contributed by atoms with van der Waals surface area (Å²) in [6.45, 7) is 1.46. The van der Waals surface area contributed by atoms with Gasteiger partial charge >= 0.3 is 6.03 Å². The fourth-order valence-corrected chi connectivity index (χ4v) is 2.37. The summed E-state index contributed by atoms with van der Waals surface area (Å²) in [5.41, 5.74) is 0. The van der Waals surface area contributed by atoms with Crippen LogP contribution in [0.1, 0.15) is 6.42 Å². The number of aromatic nitrogens is 2. The molecule has 2 saturated heterocycles. The standard InChI is InChI=1S/C12H15N5O3/c18-11(9-5-15-12(19)16-9)17-4-1-8(7-17)20-10-6-13-2-3-14-10/h2-3,6,8-9H,1,4-5,7H2,(H2,15,16,19). The smallest absolute Gasteiger partial charge is 0.315 e. The van der Waals surface area contributed by atoms with Crippen LogP contribution in [0.2, 0.25) is 0 Å². The molecule has 8 nitrogen and oxygen atoms in total. The summed E-state index contributed by atoms with van der Waals surface area (Å²) >= 11 is 0. The van der Waals surface area contributed by atoms with Crippen LogP contribution in [-0.4, -0.2) is 58.6 Å². The van der Waals surface area contributed by atoms with Gasteiger partial charge in [0.1, 0.15) is 12.1 Å². The van der Waals surface area contributed by atoms with Crippen molar-refractivity contribution < 1.29 is 14.3 Å². The van der Waals surface area contributed by atoms with Gasteiger partial charge < -0.3 is 20.3 Å². The van der Waals surface area contributed by atoms with Crippen molar-refractivity contribution in [1.29, 1.82) is 0 Å². The number of amides is 3. The van der Waals surface area contributed by atoms with Crippen LogP contribution in [0.25, 0.3) is 0 Å². The molecule has 106 valence electrons. The Morgan fingerprint density at radius 2 is 2.35 bits per heavy atom. The van der Waals surface area contributed by atoms with Crippen molar-refractivity contribution in [2.24, 2.45) is 0 Å². The first kappa shape index (κ1) is 12.6. The summed E-state index contributed by atoms with van der Waals surface area (Å²) < 4.78 is 5.67.